The zero-order valence-electron chi connectivity index (χ0n) is 19.6. The highest BCUT2D eigenvalue weighted by atomic mass is 19.4. The Bertz CT molecular complexity index is 1380. The van der Waals surface area contributed by atoms with Crippen molar-refractivity contribution < 1.29 is 27.2 Å². The number of carbonyl (C=O) groups excluding carboxylic acids is 1. The molecule has 8 nitrogen and oxygen atoms in total. The van der Waals surface area contributed by atoms with E-state index in [4.69, 9.17) is 4.52 Å². The van der Waals surface area contributed by atoms with E-state index in [0.29, 0.717) is 22.6 Å². The zero-order chi connectivity index (χ0) is 25.4. The lowest BCUT2D eigenvalue weighted by molar-refractivity contribution is -0.264. The number of hydrogen-bond acceptors (Lipinski definition) is 6. The Morgan fingerprint density at radius 3 is 2.69 bits per heavy atom. The fourth-order valence-electron chi connectivity index (χ4n) is 3.51. The van der Waals surface area contributed by atoms with E-state index in [1.165, 1.54) is 6.20 Å². The quantitative estimate of drug-likeness (QED) is 0.387. The number of amides is 1. The van der Waals surface area contributed by atoms with Crippen LogP contribution in [0, 0.1) is 13.8 Å². The summed E-state index contributed by atoms with van der Waals surface area (Å²) in [6.45, 7) is 4.75. The van der Waals surface area contributed by atoms with E-state index < -0.39 is 11.8 Å². The van der Waals surface area contributed by atoms with Crippen LogP contribution in [0.25, 0.3) is 17.0 Å². The number of alkyl halides is 3. The van der Waals surface area contributed by atoms with E-state index in [-0.39, 0.29) is 30.5 Å². The Hall–Kier alpha value is -3.73. The van der Waals surface area contributed by atoms with Crippen LogP contribution in [0.2, 0.25) is 0 Å². The van der Waals surface area contributed by atoms with E-state index in [2.05, 4.69) is 25.2 Å². The summed E-state index contributed by atoms with van der Waals surface area (Å²) >= 11 is 0. The fourth-order valence-corrected chi connectivity index (χ4v) is 3.51. The van der Waals surface area contributed by atoms with Crippen LogP contribution in [0.5, 0.6) is 0 Å². The van der Waals surface area contributed by atoms with Crippen molar-refractivity contribution in [3.05, 3.63) is 65.4 Å². The molecule has 0 aliphatic carbocycles. The number of aryl methyl sites for hydroxylation is 3. The van der Waals surface area contributed by atoms with Crippen LogP contribution in [-0.2, 0) is 11.2 Å². The van der Waals surface area contributed by atoms with Gasteiger partial charge in [0.25, 0.3) is 5.91 Å². The van der Waals surface area contributed by atoms with Crippen molar-refractivity contribution >= 4 is 17.2 Å². The van der Waals surface area contributed by atoms with Crippen molar-refractivity contribution in [3.63, 3.8) is 0 Å². The molecule has 1 atom stereocenters. The summed E-state index contributed by atoms with van der Waals surface area (Å²) in [5, 5.41) is 6.77. The van der Waals surface area contributed by atoms with Gasteiger partial charge in [-0.05, 0) is 56.5 Å². The predicted octanol–water partition coefficient (Wildman–Crippen LogP) is 5.15. The lowest BCUT2D eigenvalue weighted by Crippen LogP contribution is -2.44. The van der Waals surface area contributed by atoms with E-state index in [9.17, 15) is 18.0 Å². The average molecular weight is 487 g/mol. The van der Waals surface area contributed by atoms with Crippen LogP contribution >= 0.6 is 0 Å². The van der Waals surface area contributed by atoms with Gasteiger partial charge in [0.15, 0.2) is 5.60 Å². The van der Waals surface area contributed by atoms with Gasteiger partial charge in [0.2, 0.25) is 11.7 Å². The Balaban J connectivity index is 1.52. The smallest absolute Gasteiger partial charge is 0.369 e. The highest BCUT2D eigenvalue weighted by Gasteiger charge is 2.51. The summed E-state index contributed by atoms with van der Waals surface area (Å²) in [5.41, 5.74) is 1.62. The summed E-state index contributed by atoms with van der Waals surface area (Å²) in [4.78, 5) is 21.4. The maximum atomic E-state index is 13.2. The summed E-state index contributed by atoms with van der Waals surface area (Å²) in [6.07, 6.45) is -1.73. The van der Waals surface area contributed by atoms with Crippen LogP contribution in [0.15, 0.2) is 47.2 Å². The summed E-state index contributed by atoms with van der Waals surface area (Å²) in [5.74, 6) is -0.0898. The molecule has 0 bridgehead atoms. The van der Waals surface area contributed by atoms with E-state index in [1.54, 1.807) is 28.8 Å². The topological polar surface area (TPSA) is 94.5 Å². The first-order chi connectivity index (χ1) is 16.5. The van der Waals surface area contributed by atoms with Crippen molar-refractivity contribution in [1.29, 1.82) is 0 Å². The lowest BCUT2D eigenvalue weighted by atomic mass is 9.99. The number of pyridine rings is 1. The lowest BCUT2D eigenvalue weighted by Gasteiger charge is -2.29. The van der Waals surface area contributed by atoms with Gasteiger partial charge in [-0.2, -0.15) is 18.2 Å². The van der Waals surface area contributed by atoms with E-state index in [0.717, 1.165) is 25.2 Å². The molecular formula is C24H24F3N5O3. The molecule has 11 heteroatoms. The third-order valence-corrected chi connectivity index (χ3v) is 5.98. The van der Waals surface area contributed by atoms with Crippen molar-refractivity contribution in [2.45, 2.75) is 45.4 Å². The largest absolute Gasteiger partial charge is 0.417 e. The van der Waals surface area contributed by atoms with Gasteiger partial charge in [0.05, 0.1) is 6.20 Å². The molecular weight excluding hydrogens is 463 g/mol. The number of carbonyl (C=O) groups is 1. The Labute approximate surface area is 199 Å². The van der Waals surface area contributed by atoms with Gasteiger partial charge in [0.1, 0.15) is 11.3 Å². The van der Waals surface area contributed by atoms with Crippen LogP contribution in [0.4, 0.5) is 18.9 Å². The molecule has 0 saturated heterocycles. The molecule has 3 heterocycles. The molecule has 184 valence electrons. The minimum absolute atomic E-state index is 0.0553. The molecule has 1 N–H and O–H groups in total. The highest BCUT2D eigenvalue weighted by Crippen LogP contribution is 2.36. The summed E-state index contributed by atoms with van der Waals surface area (Å²) in [6, 6.07) is 8.97. The van der Waals surface area contributed by atoms with E-state index >= 15 is 0 Å². The predicted molar refractivity (Wildman–Crippen MR) is 122 cm³/mol. The van der Waals surface area contributed by atoms with Gasteiger partial charge in [0, 0.05) is 31.0 Å². The van der Waals surface area contributed by atoms with Gasteiger partial charge in [-0.3, -0.25) is 9.20 Å². The first kappa shape index (κ1) is 24.4. The van der Waals surface area contributed by atoms with Crippen LogP contribution in [0.1, 0.15) is 40.9 Å². The molecule has 0 fully saturated rings. The second kappa shape index (κ2) is 9.14. The third kappa shape index (κ3) is 4.90. The number of hydrogen-bond donors (Lipinski definition) is 1. The fraction of sp³-hybridized carbons (Fsp3) is 0.333. The Morgan fingerprint density at radius 2 is 1.97 bits per heavy atom. The van der Waals surface area contributed by atoms with Gasteiger partial charge >= 0.3 is 6.18 Å². The van der Waals surface area contributed by atoms with Crippen LogP contribution in [0.3, 0.4) is 0 Å². The van der Waals surface area contributed by atoms with Gasteiger partial charge in [-0.15, -0.1) is 0 Å². The third-order valence-electron chi connectivity index (χ3n) is 5.98. The molecule has 3 aromatic heterocycles. The molecule has 35 heavy (non-hydrogen) atoms. The number of methoxy groups -OCH3 is 1. The molecule has 4 aromatic rings. The minimum Gasteiger partial charge on any atom is -0.369 e. The van der Waals surface area contributed by atoms with Gasteiger partial charge in [-0.25, -0.2) is 4.98 Å². The number of imidazole rings is 1. The number of ether oxygens (including phenoxy) is 1. The molecule has 1 unspecified atom stereocenters. The molecule has 0 spiro atoms. The number of benzene rings is 1. The maximum absolute atomic E-state index is 13.2. The number of aromatic nitrogens is 4. The monoisotopic (exact) mass is 487 g/mol. The maximum Gasteiger partial charge on any atom is 0.417 e. The molecule has 4 rings (SSSR count). The Morgan fingerprint density at radius 1 is 1.20 bits per heavy atom. The second-order valence-corrected chi connectivity index (χ2v) is 8.50. The van der Waals surface area contributed by atoms with Crippen LogP contribution < -0.4 is 5.32 Å². The standard InChI is InChI=1S/C24H24F3N5O3/c1-14-8-10-32-18(13-28-19(32)11-14)22(33)29-17-12-16(6-5-15(17)2)21-30-20(35-31-21)7-9-23(3,34-4)24(25,26)27/h5-6,8,10-13H,7,9H2,1-4H3,(H,29,33). The Kier molecular flexibility index (Phi) is 6.37. The first-order valence-corrected chi connectivity index (χ1v) is 10.8. The number of rotatable bonds is 7. The summed E-state index contributed by atoms with van der Waals surface area (Å²) in [7, 11) is 1.02. The minimum atomic E-state index is -4.53. The zero-order valence-corrected chi connectivity index (χ0v) is 19.6. The average Bonchev–Trinajstić information content (AvgIpc) is 3.45. The van der Waals surface area contributed by atoms with Crippen molar-refractivity contribution in [1.82, 2.24) is 19.5 Å². The molecule has 0 radical (unpaired) electrons. The molecule has 0 aliphatic rings. The molecule has 1 amide bonds. The first-order valence-electron chi connectivity index (χ1n) is 10.8. The van der Waals surface area contributed by atoms with E-state index in [1.807, 2.05) is 26.0 Å². The number of fused-ring (bicyclic) bond motifs is 1. The van der Waals surface area contributed by atoms with Gasteiger partial charge < -0.3 is 14.6 Å². The molecule has 0 saturated carbocycles. The van der Waals surface area contributed by atoms with Crippen molar-refractivity contribution in [3.8, 4) is 11.4 Å². The number of nitrogens with zero attached hydrogens (tertiary/aromatic N) is 4. The number of halogens is 3. The normalized spacial score (nSPS) is 13.7. The molecule has 1 aromatic carbocycles. The second-order valence-electron chi connectivity index (χ2n) is 8.50. The molecule has 0 aliphatic heterocycles. The van der Waals surface area contributed by atoms with Crippen molar-refractivity contribution in [2.75, 3.05) is 12.4 Å². The number of anilines is 1. The highest BCUT2D eigenvalue weighted by molar-refractivity contribution is 6.04. The SMILES string of the molecule is COC(C)(CCc1nc(-c2ccc(C)c(NC(=O)c3cnc4cc(C)ccn34)c2)no1)C(F)(F)F. The van der Waals surface area contributed by atoms with Crippen LogP contribution in [-0.4, -0.2) is 44.3 Å². The van der Waals surface area contributed by atoms with Crippen molar-refractivity contribution in [2.24, 2.45) is 0 Å². The number of nitrogens with one attached hydrogen (secondary N) is 1. The summed E-state index contributed by atoms with van der Waals surface area (Å²) < 4.78 is 51.3. The van der Waals surface area contributed by atoms with Gasteiger partial charge in [-0.1, -0.05) is 17.3 Å².